The summed E-state index contributed by atoms with van der Waals surface area (Å²) in [6.07, 6.45) is -4.36. The van der Waals surface area contributed by atoms with Crippen molar-refractivity contribution < 1.29 is 71.8 Å². The molecule has 15 nitrogen and oxygen atoms in total. The Morgan fingerprint density at radius 2 is 1.79 bits per heavy atom. The Morgan fingerprint density at radius 3 is 2.36 bits per heavy atom. The van der Waals surface area contributed by atoms with Crippen LogP contribution in [0.25, 0.3) is 0 Å². The minimum atomic E-state index is -1.66. The van der Waals surface area contributed by atoms with E-state index in [1.165, 1.54) is 27.2 Å². The molecule has 14 atom stereocenters. The minimum absolute atomic E-state index is 0.213. The van der Waals surface area contributed by atoms with Gasteiger partial charge in [-0.2, -0.15) is 0 Å². The second-order valence-electron chi connectivity index (χ2n) is 15.6. The Balaban J connectivity index is 1.80. The van der Waals surface area contributed by atoms with Gasteiger partial charge in [0.2, 0.25) is 0 Å². The number of hydrogen-bond donors (Lipinski definition) is 2. The third-order valence-corrected chi connectivity index (χ3v) is 12.7. The van der Waals surface area contributed by atoms with Gasteiger partial charge in [0.05, 0.1) is 37.6 Å². The third kappa shape index (κ3) is 6.57. The molecule has 2 saturated carbocycles. The Hall–Kier alpha value is -3.79. The van der Waals surface area contributed by atoms with Crippen LogP contribution in [0.4, 0.5) is 0 Å². The van der Waals surface area contributed by atoms with Gasteiger partial charge < -0.3 is 47.8 Å². The number of furan rings is 1. The predicted octanol–water partition coefficient (Wildman–Crippen LogP) is 3.14. The number of hydrogen-bond acceptors (Lipinski definition) is 15. The summed E-state index contributed by atoms with van der Waals surface area (Å²) in [4.78, 5) is 65.0. The zero-order chi connectivity index (χ0) is 39.3. The number of methoxy groups -OCH3 is 1. The quantitative estimate of drug-likeness (QED) is 0.0977. The Bertz CT molecular complexity index is 1570. The number of esters is 4. The number of ether oxygens (including phenoxy) is 7. The first-order valence-electron chi connectivity index (χ1n) is 18.0. The molecule has 2 aliphatic carbocycles. The fourth-order valence-corrected chi connectivity index (χ4v) is 9.94. The molecular formula is C38H52O15. The van der Waals surface area contributed by atoms with Gasteiger partial charge in [-0.15, -0.1) is 0 Å². The van der Waals surface area contributed by atoms with Crippen LogP contribution in [0.2, 0.25) is 0 Å². The summed E-state index contributed by atoms with van der Waals surface area (Å²) in [5.74, 6) is -6.22. The number of carbonyl (C=O) groups excluding carboxylic acids is 5. The average molecular weight is 749 g/mol. The van der Waals surface area contributed by atoms with Crippen LogP contribution in [0.3, 0.4) is 0 Å². The van der Waals surface area contributed by atoms with Crippen molar-refractivity contribution in [1.29, 1.82) is 0 Å². The zero-order valence-electron chi connectivity index (χ0n) is 31.5. The van der Waals surface area contributed by atoms with Gasteiger partial charge in [-0.25, -0.2) is 4.79 Å². The van der Waals surface area contributed by atoms with Gasteiger partial charge in [0.15, 0.2) is 12.4 Å². The van der Waals surface area contributed by atoms with Crippen molar-refractivity contribution >= 4 is 30.3 Å². The lowest BCUT2D eigenvalue weighted by atomic mass is 9.47. The van der Waals surface area contributed by atoms with Gasteiger partial charge in [0.1, 0.15) is 36.1 Å². The van der Waals surface area contributed by atoms with Crippen molar-refractivity contribution in [2.45, 2.75) is 128 Å². The first-order chi connectivity index (χ1) is 24.9. The molecule has 15 heteroatoms. The number of aliphatic hydroxyl groups excluding tert-OH is 2. The average Bonchev–Trinajstić information content (AvgIpc) is 3.47. The van der Waals surface area contributed by atoms with E-state index in [-0.39, 0.29) is 18.8 Å². The highest BCUT2D eigenvalue weighted by atomic mass is 16.6. The molecule has 5 rings (SSSR count). The molecule has 0 amide bonds. The van der Waals surface area contributed by atoms with E-state index in [4.69, 9.17) is 37.6 Å². The largest absolute Gasteiger partial charge is 0.472 e. The van der Waals surface area contributed by atoms with E-state index in [1.807, 2.05) is 13.8 Å². The zero-order valence-corrected chi connectivity index (χ0v) is 31.5. The number of aliphatic hydroxyl groups is 2. The molecule has 0 aromatic carbocycles. The lowest BCUT2D eigenvalue weighted by Gasteiger charge is -2.60. The van der Waals surface area contributed by atoms with Gasteiger partial charge in [0.25, 0.3) is 6.47 Å². The Morgan fingerprint density at radius 1 is 1.09 bits per heavy atom. The molecule has 0 bridgehead atoms. The van der Waals surface area contributed by atoms with E-state index in [2.05, 4.69) is 6.58 Å². The molecule has 53 heavy (non-hydrogen) atoms. The predicted molar refractivity (Wildman–Crippen MR) is 181 cm³/mol. The first kappa shape index (κ1) is 40.4. The van der Waals surface area contributed by atoms with E-state index >= 15 is 0 Å². The van der Waals surface area contributed by atoms with Crippen molar-refractivity contribution in [1.82, 2.24) is 0 Å². The number of epoxide rings is 1. The normalized spacial score (nSPS) is 40.0. The summed E-state index contributed by atoms with van der Waals surface area (Å²) < 4.78 is 47.2. The highest BCUT2D eigenvalue weighted by Crippen LogP contribution is 2.76. The third-order valence-electron chi connectivity index (χ3n) is 12.7. The van der Waals surface area contributed by atoms with Crippen molar-refractivity contribution in [3.8, 4) is 0 Å². The lowest BCUT2D eigenvalue weighted by molar-refractivity contribution is -0.234. The van der Waals surface area contributed by atoms with Crippen molar-refractivity contribution in [2.75, 3.05) is 13.7 Å². The highest BCUT2D eigenvalue weighted by molar-refractivity contribution is 5.75. The molecule has 4 fully saturated rings. The lowest BCUT2D eigenvalue weighted by Crippen LogP contribution is -2.68. The molecule has 1 aromatic heterocycles. The molecule has 3 heterocycles. The summed E-state index contributed by atoms with van der Waals surface area (Å²) in [6, 6.07) is 1.79. The molecule has 0 radical (unpaired) electrons. The minimum Gasteiger partial charge on any atom is -0.472 e. The topological polar surface area (TPSA) is 207 Å². The number of carbonyl (C=O) groups is 5. The number of rotatable bonds is 13. The molecule has 1 unspecified atom stereocenters. The van der Waals surface area contributed by atoms with E-state index in [0.29, 0.717) is 18.4 Å². The van der Waals surface area contributed by atoms with Crippen LogP contribution in [0.1, 0.15) is 85.6 Å². The van der Waals surface area contributed by atoms with Crippen LogP contribution in [-0.4, -0.2) is 102 Å². The highest BCUT2D eigenvalue weighted by Gasteiger charge is 2.85. The van der Waals surface area contributed by atoms with Crippen molar-refractivity contribution in [3.63, 3.8) is 0 Å². The maximum absolute atomic E-state index is 13.9. The standard InChI is InChI=1S/C38H52O15/c1-10-19(2)31(44)34(45)51-33-32(49-18-39)30(20(3)38-27(52-38)13-24(37(33,38)8)23-11-12-47-16-23)36(7)25(14-28(42)46-9)35(6,17-48-21(4)40)53-29(43)15-26(36)50-22(5)41/h11-12,16,18-19,24-27,29-33,43-44H,3,10,13-15,17H2,1-2,4-9H3/t19-,24-,25?,26-,27+,29-,30+,31+,32+,33-,35+,36+,37+,38+/m0/s1. The molecule has 2 N–H and O–H groups in total. The van der Waals surface area contributed by atoms with Gasteiger partial charge in [-0.05, 0) is 36.5 Å². The van der Waals surface area contributed by atoms with Crippen LogP contribution in [-0.2, 0) is 57.1 Å². The second-order valence-corrected chi connectivity index (χ2v) is 15.6. The van der Waals surface area contributed by atoms with E-state index in [9.17, 15) is 34.2 Å². The van der Waals surface area contributed by atoms with Gasteiger partial charge in [-0.3, -0.25) is 19.2 Å². The second kappa shape index (κ2) is 14.8. The monoisotopic (exact) mass is 748 g/mol. The Kier molecular flexibility index (Phi) is 11.3. The summed E-state index contributed by atoms with van der Waals surface area (Å²) >= 11 is 0. The molecule has 2 saturated heterocycles. The molecule has 294 valence electrons. The van der Waals surface area contributed by atoms with Gasteiger partial charge in [0, 0.05) is 43.4 Å². The molecule has 1 spiro atoms. The molecular weight excluding hydrogens is 696 g/mol. The van der Waals surface area contributed by atoms with E-state index in [0.717, 1.165) is 5.56 Å². The Labute approximate surface area is 308 Å². The van der Waals surface area contributed by atoms with Crippen LogP contribution in [0.15, 0.2) is 35.2 Å². The smallest absolute Gasteiger partial charge is 0.335 e. The SMILES string of the molecule is C=C1[C@@H]([C@]2(C)C(CC(=O)OC)[C@@](C)(COC(C)=O)O[C@H](O)C[C@@H]2OC(C)=O)[C@@H](OC=O)[C@H](OC(=O)[C@H](O)[C@@H](C)CC)[C@@]2(C)[C@H](c3ccoc3)C[C@H]3O[C@]132. The van der Waals surface area contributed by atoms with Crippen molar-refractivity contribution in [3.05, 3.63) is 36.3 Å². The summed E-state index contributed by atoms with van der Waals surface area (Å²) in [5, 5.41) is 22.4. The summed E-state index contributed by atoms with van der Waals surface area (Å²) in [6.45, 7) is 15.3. The molecule has 1 aromatic rings. The first-order valence-corrected chi connectivity index (χ1v) is 18.0. The van der Waals surface area contributed by atoms with Crippen LogP contribution >= 0.6 is 0 Å². The van der Waals surface area contributed by atoms with E-state index < -0.39 is 114 Å². The fourth-order valence-electron chi connectivity index (χ4n) is 9.94. The van der Waals surface area contributed by atoms with Crippen LogP contribution in [0.5, 0.6) is 0 Å². The fraction of sp³-hybridized carbons (Fsp3) is 0.711. The maximum Gasteiger partial charge on any atom is 0.335 e. The van der Waals surface area contributed by atoms with Crippen LogP contribution < -0.4 is 0 Å². The maximum atomic E-state index is 13.9. The van der Waals surface area contributed by atoms with Gasteiger partial charge in [-0.1, -0.05) is 40.7 Å². The summed E-state index contributed by atoms with van der Waals surface area (Å²) in [7, 11) is 1.19. The van der Waals surface area contributed by atoms with Crippen LogP contribution in [0, 0.1) is 28.6 Å². The van der Waals surface area contributed by atoms with Gasteiger partial charge >= 0.3 is 23.9 Å². The molecule has 2 aliphatic heterocycles. The van der Waals surface area contributed by atoms with Crippen molar-refractivity contribution in [2.24, 2.45) is 28.6 Å². The summed E-state index contributed by atoms with van der Waals surface area (Å²) in [5.41, 5.74) is -4.50. The van der Waals surface area contributed by atoms with E-state index in [1.54, 1.807) is 33.1 Å². The molecule has 4 aliphatic rings.